The Kier molecular flexibility index (Phi) is 4.20. The van der Waals surface area contributed by atoms with Crippen LogP contribution in [0, 0.1) is 0 Å². The molecule has 1 aromatic carbocycles. The van der Waals surface area contributed by atoms with E-state index in [4.69, 9.17) is 4.74 Å². The molecule has 0 unspecified atom stereocenters. The molecule has 0 aliphatic carbocycles. The summed E-state index contributed by atoms with van der Waals surface area (Å²) in [6.07, 6.45) is 2.20. The molecule has 0 saturated carbocycles. The minimum Gasteiger partial charge on any atom is -0.381 e. The molecule has 1 aliphatic heterocycles. The van der Waals surface area contributed by atoms with Gasteiger partial charge >= 0.3 is 0 Å². The summed E-state index contributed by atoms with van der Waals surface area (Å²) in [5, 5.41) is 3.71. The van der Waals surface area contributed by atoms with E-state index in [2.05, 4.69) is 54.7 Å². The fourth-order valence-corrected chi connectivity index (χ4v) is 3.48. The zero-order valence-electron chi connectivity index (χ0n) is 11.9. The normalized spacial score (nSPS) is 18.1. The Morgan fingerprint density at radius 3 is 2.60 bits per heavy atom. The average molecular weight is 287 g/mol. The van der Waals surface area contributed by atoms with Gasteiger partial charge in [-0.2, -0.15) is 0 Å². The highest BCUT2D eigenvalue weighted by molar-refractivity contribution is 7.15. The first-order valence-electron chi connectivity index (χ1n) is 7.22. The SMILES string of the molecule is CC1(NCc2ccc(-c3ccccc3)s2)CCOCC1. The molecule has 1 aromatic heterocycles. The molecule has 0 spiro atoms. The van der Waals surface area contributed by atoms with Crippen LogP contribution in [0.1, 0.15) is 24.6 Å². The van der Waals surface area contributed by atoms with Gasteiger partial charge in [-0.05, 0) is 37.5 Å². The van der Waals surface area contributed by atoms with E-state index >= 15 is 0 Å². The number of benzene rings is 1. The molecule has 1 N–H and O–H groups in total. The molecule has 1 aliphatic rings. The van der Waals surface area contributed by atoms with E-state index in [1.54, 1.807) is 0 Å². The second-order valence-electron chi connectivity index (χ2n) is 5.66. The summed E-state index contributed by atoms with van der Waals surface area (Å²) in [5.74, 6) is 0. The number of hydrogen-bond donors (Lipinski definition) is 1. The molecule has 1 fully saturated rings. The zero-order chi connectivity index (χ0) is 13.8. The predicted molar refractivity (Wildman–Crippen MR) is 85.1 cm³/mol. The summed E-state index contributed by atoms with van der Waals surface area (Å²) < 4.78 is 5.44. The monoisotopic (exact) mass is 287 g/mol. The van der Waals surface area contributed by atoms with Gasteiger partial charge in [0, 0.05) is 35.1 Å². The first-order valence-corrected chi connectivity index (χ1v) is 8.04. The highest BCUT2D eigenvalue weighted by Gasteiger charge is 2.26. The minimum absolute atomic E-state index is 0.231. The van der Waals surface area contributed by atoms with E-state index in [1.807, 2.05) is 11.3 Å². The van der Waals surface area contributed by atoms with Crippen LogP contribution in [-0.4, -0.2) is 18.8 Å². The Balaban J connectivity index is 1.63. The third-order valence-electron chi connectivity index (χ3n) is 4.01. The van der Waals surface area contributed by atoms with Crippen molar-refractivity contribution < 1.29 is 4.74 Å². The van der Waals surface area contributed by atoms with Gasteiger partial charge in [-0.15, -0.1) is 11.3 Å². The van der Waals surface area contributed by atoms with Crippen molar-refractivity contribution in [3.05, 3.63) is 47.3 Å². The summed E-state index contributed by atoms with van der Waals surface area (Å²) in [5.41, 5.74) is 1.54. The third kappa shape index (κ3) is 3.29. The van der Waals surface area contributed by atoms with Crippen molar-refractivity contribution in [1.29, 1.82) is 0 Å². The lowest BCUT2D eigenvalue weighted by atomic mass is 9.92. The van der Waals surface area contributed by atoms with E-state index in [0.29, 0.717) is 0 Å². The van der Waals surface area contributed by atoms with Crippen molar-refractivity contribution in [1.82, 2.24) is 5.32 Å². The van der Waals surface area contributed by atoms with E-state index in [9.17, 15) is 0 Å². The van der Waals surface area contributed by atoms with E-state index in [0.717, 1.165) is 32.6 Å². The predicted octanol–water partition coefficient (Wildman–Crippen LogP) is 4.07. The van der Waals surface area contributed by atoms with Crippen LogP contribution < -0.4 is 5.32 Å². The number of rotatable bonds is 4. The largest absolute Gasteiger partial charge is 0.381 e. The number of nitrogens with one attached hydrogen (secondary N) is 1. The molecule has 0 radical (unpaired) electrons. The summed E-state index contributed by atoms with van der Waals surface area (Å²) in [7, 11) is 0. The highest BCUT2D eigenvalue weighted by Crippen LogP contribution is 2.28. The molecule has 0 amide bonds. The second kappa shape index (κ2) is 6.08. The Morgan fingerprint density at radius 1 is 1.10 bits per heavy atom. The zero-order valence-corrected chi connectivity index (χ0v) is 12.7. The van der Waals surface area contributed by atoms with Gasteiger partial charge < -0.3 is 10.1 Å². The molecule has 0 atom stereocenters. The standard InChI is InChI=1S/C17H21NOS/c1-17(9-11-19-12-10-17)18-13-15-7-8-16(20-15)14-5-3-2-4-6-14/h2-8,18H,9-13H2,1H3. The highest BCUT2D eigenvalue weighted by atomic mass is 32.1. The molecule has 0 bridgehead atoms. The van der Waals surface area contributed by atoms with Crippen molar-refractivity contribution in [2.75, 3.05) is 13.2 Å². The number of hydrogen-bond acceptors (Lipinski definition) is 3. The summed E-state index contributed by atoms with van der Waals surface area (Å²) in [4.78, 5) is 2.75. The molecule has 3 rings (SSSR count). The van der Waals surface area contributed by atoms with Gasteiger partial charge in [-0.3, -0.25) is 0 Å². The van der Waals surface area contributed by atoms with Gasteiger partial charge in [0.2, 0.25) is 0 Å². The van der Waals surface area contributed by atoms with Gasteiger partial charge in [-0.25, -0.2) is 0 Å². The molecular formula is C17H21NOS. The fraction of sp³-hybridized carbons (Fsp3) is 0.412. The van der Waals surface area contributed by atoms with Crippen LogP contribution in [0.2, 0.25) is 0 Å². The van der Waals surface area contributed by atoms with Gasteiger partial charge in [0.25, 0.3) is 0 Å². The van der Waals surface area contributed by atoms with Crippen molar-refractivity contribution in [3.8, 4) is 10.4 Å². The lowest BCUT2D eigenvalue weighted by Crippen LogP contribution is -2.46. The number of ether oxygens (including phenoxy) is 1. The summed E-state index contributed by atoms with van der Waals surface area (Å²) in [6, 6.07) is 15.1. The van der Waals surface area contributed by atoms with E-state index in [1.165, 1.54) is 15.3 Å². The molecule has 2 nitrogen and oxygen atoms in total. The number of thiophene rings is 1. The Hall–Kier alpha value is -1.16. The quantitative estimate of drug-likeness (QED) is 0.915. The molecule has 106 valence electrons. The Labute approximate surface area is 124 Å². The van der Waals surface area contributed by atoms with Crippen molar-refractivity contribution >= 4 is 11.3 Å². The van der Waals surface area contributed by atoms with E-state index in [-0.39, 0.29) is 5.54 Å². The fourth-order valence-electron chi connectivity index (χ4n) is 2.53. The average Bonchev–Trinajstić information content (AvgIpc) is 2.96. The maximum atomic E-state index is 5.44. The van der Waals surface area contributed by atoms with Crippen LogP contribution in [0.25, 0.3) is 10.4 Å². The van der Waals surface area contributed by atoms with Crippen LogP contribution >= 0.6 is 11.3 Å². The summed E-state index contributed by atoms with van der Waals surface area (Å²) in [6.45, 7) is 5.02. The topological polar surface area (TPSA) is 21.3 Å². The van der Waals surface area contributed by atoms with Crippen molar-refractivity contribution in [3.63, 3.8) is 0 Å². The smallest absolute Gasteiger partial charge is 0.0483 e. The first-order chi connectivity index (χ1) is 9.75. The minimum atomic E-state index is 0.231. The van der Waals surface area contributed by atoms with Crippen molar-refractivity contribution in [2.45, 2.75) is 31.8 Å². The second-order valence-corrected chi connectivity index (χ2v) is 6.83. The summed E-state index contributed by atoms with van der Waals surface area (Å²) >= 11 is 1.88. The van der Waals surface area contributed by atoms with Crippen LogP contribution in [-0.2, 0) is 11.3 Å². The molecule has 2 aromatic rings. The Morgan fingerprint density at radius 2 is 1.85 bits per heavy atom. The van der Waals surface area contributed by atoms with Crippen molar-refractivity contribution in [2.24, 2.45) is 0 Å². The van der Waals surface area contributed by atoms with Crippen LogP contribution in [0.15, 0.2) is 42.5 Å². The third-order valence-corrected chi connectivity index (χ3v) is 5.14. The van der Waals surface area contributed by atoms with Crippen LogP contribution in [0.3, 0.4) is 0 Å². The van der Waals surface area contributed by atoms with E-state index < -0.39 is 0 Å². The van der Waals surface area contributed by atoms with Crippen LogP contribution in [0.5, 0.6) is 0 Å². The maximum absolute atomic E-state index is 5.44. The molecule has 2 heterocycles. The maximum Gasteiger partial charge on any atom is 0.0483 e. The van der Waals surface area contributed by atoms with Gasteiger partial charge in [0.15, 0.2) is 0 Å². The lowest BCUT2D eigenvalue weighted by molar-refractivity contribution is 0.0447. The van der Waals surface area contributed by atoms with Gasteiger partial charge in [0.1, 0.15) is 0 Å². The molecule has 3 heteroatoms. The molecular weight excluding hydrogens is 266 g/mol. The van der Waals surface area contributed by atoms with Gasteiger partial charge in [0.05, 0.1) is 0 Å². The Bertz CT molecular complexity index is 543. The van der Waals surface area contributed by atoms with Crippen LogP contribution in [0.4, 0.5) is 0 Å². The molecule has 20 heavy (non-hydrogen) atoms. The first kappa shape index (κ1) is 13.8. The lowest BCUT2D eigenvalue weighted by Gasteiger charge is -2.34. The molecule has 1 saturated heterocycles. The van der Waals surface area contributed by atoms with Gasteiger partial charge in [-0.1, -0.05) is 30.3 Å².